The van der Waals surface area contributed by atoms with Crippen molar-refractivity contribution < 1.29 is 13.9 Å². The van der Waals surface area contributed by atoms with Crippen LogP contribution in [0.25, 0.3) is 0 Å². The number of rotatable bonds is 4. The quantitative estimate of drug-likeness (QED) is 0.916. The van der Waals surface area contributed by atoms with Crippen molar-refractivity contribution in [3.8, 4) is 0 Å². The fraction of sp³-hybridized carbons (Fsp3) is 0.389. The van der Waals surface area contributed by atoms with E-state index in [4.69, 9.17) is 4.74 Å². The standard InChI is InChI=1S/C18H20FN3O3/c1-12-20-15(10-17(23)21-12)16-11-22(7-8-25-16)18(24)6-5-13-3-2-4-14(19)9-13/h2-4,9-10,16H,5-8,11H2,1H3,(H,20,21,23). The zero-order chi connectivity index (χ0) is 17.8. The number of ether oxygens (including phenoxy) is 1. The van der Waals surface area contributed by atoms with Crippen LogP contribution in [0.3, 0.4) is 0 Å². The van der Waals surface area contributed by atoms with E-state index >= 15 is 0 Å². The Morgan fingerprint density at radius 2 is 2.28 bits per heavy atom. The van der Waals surface area contributed by atoms with Crippen LogP contribution in [-0.4, -0.2) is 40.5 Å². The zero-order valence-corrected chi connectivity index (χ0v) is 14.0. The molecule has 1 atom stereocenters. The van der Waals surface area contributed by atoms with Gasteiger partial charge in [-0.2, -0.15) is 0 Å². The van der Waals surface area contributed by atoms with E-state index in [9.17, 15) is 14.0 Å². The Bertz CT molecular complexity index is 821. The number of aromatic nitrogens is 2. The van der Waals surface area contributed by atoms with Crippen molar-refractivity contribution in [3.63, 3.8) is 0 Å². The van der Waals surface area contributed by atoms with E-state index in [-0.39, 0.29) is 17.3 Å². The Kier molecular flexibility index (Phi) is 5.23. The number of aryl methyl sites for hydroxylation is 2. The molecule has 1 amide bonds. The molecule has 0 bridgehead atoms. The van der Waals surface area contributed by atoms with E-state index in [0.29, 0.717) is 44.1 Å². The molecule has 7 heteroatoms. The molecular formula is C18H20FN3O3. The maximum absolute atomic E-state index is 13.2. The lowest BCUT2D eigenvalue weighted by atomic mass is 10.1. The molecular weight excluding hydrogens is 325 g/mol. The molecule has 2 heterocycles. The van der Waals surface area contributed by atoms with Crippen LogP contribution in [0, 0.1) is 12.7 Å². The van der Waals surface area contributed by atoms with Gasteiger partial charge in [0.1, 0.15) is 17.7 Å². The van der Waals surface area contributed by atoms with Crippen LogP contribution >= 0.6 is 0 Å². The van der Waals surface area contributed by atoms with Gasteiger partial charge in [0.15, 0.2) is 0 Å². The smallest absolute Gasteiger partial charge is 0.251 e. The number of carbonyl (C=O) groups excluding carboxylic acids is 1. The summed E-state index contributed by atoms with van der Waals surface area (Å²) in [5.74, 6) is 0.201. The molecule has 1 aromatic heterocycles. The van der Waals surface area contributed by atoms with Gasteiger partial charge in [0, 0.05) is 19.0 Å². The highest BCUT2D eigenvalue weighted by Crippen LogP contribution is 2.20. The third kappa shape index (κ3) is 4.51. The van der Waals surface area contributed by atoms with Crippen molar-refractivity contribution in [3.05, 3.63) is 63.6 Å². The van der Waals surface area contributed by atoms with Crippen molar-refractivity contribution in [2.24, 2.45) is 0 Å². The highest BCUT2D eigenvalue weighted by atomic mass is 19.1. The summed E-state index contributed by atoms with van der Waals surface area (Å²) in [6, 6.07) is 7.67. The Morgan fingerprint density at radius 1 is 1.44 bits per heavy atom. The van der Waals surface area contributed by atoms with E-state index in [1.807, 2.05) is 0 Å². The number of benzene rings is 1. The van der Waals surface area contributed by atoms with Gasteiger partial charge in [-0.15, -0.1) is 0 Å². The van der Waals surface area contributed by atoms with Crippen molar-refractivity contribution >= 4 is 5.91 Å². The van der Waals surface area contributed by atoms with Crippen molar-refractivity contribution in [1.82, 2.24) is 14.9 Å². The minimum Gasteiger partial charge on any atom is -0.368 e. The first kappa shape index (κ1) is 17.3. The Morgan fingerprint density at radius 3 is 3.04 bits per heavy atom. The molecule has 1 saturated heterocycles. The molecule has 1 aliphatic heterocycles. The first-order valence-electron chi connectivity index (χ1n) is 8.23. The van der Waals surface area contributed by atoms with Gasteiger partial charge in [0.25, 0.3) is 5.56 Å². The van der Waals surface area contributed by atoms with Crippen LogP contribution < -0.4 is 5.56 Å². The molecule has 3 rings (SSSR count). The fourth-order valence-corrected chi connectivity index (χ4v) is 2.92. The summed E-state index contributed by atoms with van der Waals surface area (Å²) >= 11 is 0. The maximum Gasteiger partial charge on any atom is 0.251 e. The second-order valence-corrected chi connectivity index (χ2v) is 6.08. The van der Waals surface area contributed by atoms with Crippen LogP contribution in [-0.2, 0) is 16.0 Å². The summed E-state index contributed by atoms with van der Waals surface area (Å²) < 4.78 is 18.9. The lowest BCUT2D eigenvalue weighted by molar-refractivity contribution is -0.139. The largest absolute Gasteiger partial charge is 0.368 e. The lowest BCUT2D eigenvalue weighted by Gasteiger charge is -2.32. The lowest BCUT2D eigenvalue weighted by Crippen LogP contribution is -2.42. The second-order valence-electron chi connectivity index (χ2n) is 6.08. The number of carbonyl (C=O) groups is 1. The number of aromatic amines is 1. The number of nitrogens with zero attached hydrogens (tertiary/aromatic N) is 2. The monoisotopic (exact) mass is 345 g/mol. The molecule has 25 heavy (non-hydrogen) atoms. The SMILES string of the molecule is Cc1nc(C2CN(C(=O)CCc3cccc(F)c3)CCO2)cc(=O)[nH]1. The summed E-state index contributed by atoms with van der Waals surface area (Å²) in [7, 11) is 0. The van der Waals surface area contributed by atoms with Gasteiger partial charge in [-0.3, -0.25) is 9.59 Å². The third-order valence-corrected chi connectivity index (χ3v) is 4.15. The second kappa shape index (κ2) is 7.57. The predicted molar refractivity (Wildman–Crippen MR) is 89.6 cm³/mol. The molecule has 0 aliphatic carbocycles. The van der Waals surface area contributed by atoms with Crippen LogP contribution in [0.2, 0.25) is 0 Å². The molecule has 132 valence electrons. The van der Waals surface area contributed by atoms with Gasteiger partial charge in [-0.1, -0.05) is 12.1 Å². The van der Waals surface area contributed by atoms with Gasteiger partial charge in [0.05, 0.1) is 18.8 Å². The third-order valence-electron chi connectivity index (χ3n) is 4.15. The minimum atomic E-state index is -0.409. The molecule has 1 unspecified atom stereocenters. The number of nitrogens with one attached hydrogen (secondary N) is 1. The highest BCUT2D eigenvalue weighted by Gasteiger charge is 2.26. The molecule has 1 fully saturated rings. The van der Waals surface area contributed by atoms with Crippen LogP contribution in [0.15, 0.2) is 35.1 Å². The van der Waals surface area contributed by atoms with Gasteiger partial charge in [0.2, 0.25) is 5.91 Å². The molecule has 1 aliphatic rings. The van der Waals surface area contributed by atoms with Crippen molar-refractivity contribution in [2.75, 3.05) is 19.7 Å². The Labute approximate surface area is 144 Å². The average Bonchev–Trinajstić information content (AvgIpc) is 2.59. The number of H-pyrrole nitrogens is 1. The number of hydrogen-bond donors (Lipinski definition) is 1. The zero-order valence-electron chi connectivity index (χ0n) is 14.0. The Balaban J connectivity index is 1.62. The molecule has 6 nitrogen and oxygen atoms in total. The topological polar surface area (TPSA) is 75.3 Å². The van der Waals surface area contributed by atoms with Crippen LogP contribution in [0.4, 0.5) is 4.39 Å². The summed E-state index contributed by atoms with van der Waals surface area (Å²) in [6.07, 6.45) is 0.381. The van der Waals surface area contributed by atoms with Gasteiger partial charge in [-0.05, 0) is 31.0 Å². The Hall–Kier alpha value is -2.54. The first-order valence-corrected chi connectivity index (χ1v) is 8.23. The van der Waals surface area contributed by atoms with E-state index in [1.54, 1.807) is 24.0 Å². The van der Waals surface area contributed by atoms with E-state index in [2.05, 4.69) is 9.97 Å². The predicted octanol–water partition coefficient (Wildman–Crippen LogP) is 1.75. The van der Waals surface area contributed by atoms with Crippen LogP contribution in [0.5, 0.6) is 0 Å². The van der Waals surface area contributed by atoms with Gasteiger partial charge in [-0.25, -0.2) is 9.37 Å². The summed E-state index contributed by atoms with van der Waals surface area (Å²) in [4.78, 5) is 32.7. The molecule has 0 spiro atoms. The van der Waals surface area contributed by atoms with E-state index < -0.39 is 6.10 Å². The van der Waals surface area contributed by atoms with Crippen molar-refractivity contribution in [2.45, 2.75) is 25.9 Å². The van der Waals surface area contributed by atoms with Crippen LogP contribution in [0.1, 0.15) is 29.6 Å². The number of halogens is 1. The number of amides is 1. The normalized spacial score (nSPS) is 17.5. The molecule has 1 aromatic carbocycles. The molecule has 2 aromatic rings. The van der Waals surface area contributed by atoms with E-state index in [0.717, 1.165) is 5.56 Å². The summed E-state index contributed by atoms with van der Waals surface area (Å²) in [5, 5.41) is 0. The minimum absolute atomic E-state index is 0.0147. The average molecular weight is 345 g/mol. The van der Waals surface area contributed by atoms with Gasteiger partial charge < -0.3 is 14.6 Å². The highest BCUT2D eigenvalue weighted by molar-refractivity contribution is 5.76. The number of morpholine rings is 1. The molecule has 0 radical (unpaired) electrons. The molecule has 1 N–H and O–H groups in total. The van der Waals surface area contributed by atoms with Gasteiger partial charge >= 0.3 is 0 Å². The summed E-state index contributed by atoms with van der Waals surface area (Å²) in [6.45, 7) is 2.96. The van der Waals surface area contributed by atoms with Crippen molar-refractivity contribution in [1.29, 1.82) is 0 Å². The summed E-state index contributed by atoms with van der Waals surface area (Å²) in [5.41, 5.74) is 1.09. The maximum atomic E-state index is 13.2. The van der Waals surface area contributed by atoms with E-state index in [1.165, 1.54) is 18.2 Å². The molecule has 0 saturated carbocycles. The first-order chi connectivity index (χ1) is 12.0. The fourth-order valence-electron chi connectivity index (χ4n) is 2.92. The number of hydrogen-bond acceptors (Lipinski definition) is 4.